The Kier molecular flexibility index (Phi) is 9.34. The SMILES string of the molecule is C/C=C/Cc1ccc(C)cc1-c1ccc(OCCC(C)CCCC(C)C)cc1. The molecule has 0 radical (unpaired) electrons. The van der Waals surface area contributed by atoms with Crippen molar-refractivity contribution in [1.29, 1.82) is 0 Å². The van der Waals surface area contributed by atoms with Crippen LogP contribution < -0.4 is 4.74 Å². The molecule has 2 aromatic carbocycles. The molecule has 0 saturated carbocycles. The van der Waals surface area contributed by atoms with Crippen molar-refractivity contribution in [3.05, 3.63) is 65.7 Å². The van der Waals surface area contributed by atoms with Crippen LogP contribution in [0.4, 0.5) is 0 Å². The van der Waals surface area contributed by atoms with Gasteiger partial charge in [-0.25, -0.2) is 0 Å². The van der Waals surface area contributed by atoms with Crippen LogP contribution in [0.2, 0.25) is 0 Å². The molecule has 28 heavy (non-hydrogen) atoms. The number of hydrogen-bond acceptors (Lipinski definition) is 1. The fourth-order valence-electron chi connectivity index (χ4n) is 3.51. The standard InChI is InChI=1S/C27H38O/c1-6-7-11-24-13-12-23(5)20-27(24)25-14-16-26(17-15-25)28-19-18-22(4)10-8-9-21(2)3/h6-7,12-17,20-22H,8-11,18-19H2,1-5H3/b7-6+. The molecule has 1 heteroatoms. The first-order valence-corrected chi connectivity index (χ1v) is 10.9. The zero-order valence-corrected chi connectivity index (χ0v) is 18.5. The van der Waals surface area contributed by atoms with Crippen LogP contribution in [0.15, 0.2) is 54.6 Å². The van der Waals surface area contributed by atoms with Gasteiger partial charge in [0.05, 0.1) is 6.61 Å². The first kappa shape index (κ1) is 22.3. The van der Waals surface area contributed by atoms with E-state index >= 15 is 0 Å². The molecular formula is C27H38O. The molecule has 0 spiro atoms. The normalized spacial score (nSPS) is 12.6. The average molecular weight is 379 g/mol. The van der Waals surface area contributed by atoms with Crippen molar-refractivity contribution in [3.63, 3.8) is 0 Å². The minimum atomic E-state index is 0.736. The lowest BCUT2D eigenvalue weighted by atomic mass is 9.95. The number of rotatable bonds is 11. The van der Waals surface area contributed by atoms with E-state index in [0.29, 0.717) is 0 Å². The Labute approximate surface area is 172 Å². The summed E-state index contributed by atoms with van der Waals surface area (Å²) in [6.07, 6.45) is 10.4. The van der Waals surface area contributed by atoms with Gasteiger partial charge in [0, 0.05) is 0 Å². The van der Waals surface area contributed by atoms with E-state index in [1.165, 1.54) is 41.5 Å². The third-order valence-corrected chi connectivity index (χ3v) is 5.36. The molecule has 0 aromatic heterocycles. The van der Waals surface area contributed by atoms with Crippen LogP contribution in [-0.2, 0) is 6.42 Å². The number of aryl methyl sites for hydroxylation is 1. The Morgan fingerprint density at radius 3 is 2.36 bits per heavy atom. The van der Waals surface area contributed by atoms with Crippen molar-refractivity contribution in [2.24, 2.45) is 11.8 Å². The van der Waals surface area contributed by atoms with E-state index in [4.69, 9.17) is 4.74 Å². The van der Waals surface area contributed by atoms with Crippen LogP contribution in [0, 0.1) is 18.8 Å². The van der Waals surface area contributed by atoms with Crippen molar-refractivity contribution >= 4 is 0 Å². The molecule has 0 heterocycles. The Morgan fingerprint density at radius 2 is 1.68 bits per heavy atom. The van der Waals surface area contributed by atoms with E-state index in [0.717, 1.165) is 37.0 Å². The highest BCUT2D eigenvalue weighted by Crippen LogP contribution is 2.28. The van der Waals surface area contributed by atoms with Gasteiger partial charge in [-0.3, -0.25) is 0 Å². The van der Waals surface area contributed by atoms with Crippen LogP contribution in [0.1, 0.15) is 64.5 Å². The Balaban J connectivity index is 1.91. The van der Waals surface area contributed by atoms with Gasteiger partial charge in [-0.1, -0.05) is 88.1 Å². The van der Waals surface area contributed by atoms with Crippen LogP contribution in [0.25, 0.3) is 11.1 Å². The van der Waals surface area contributed by atoms with E-state index in [2.05, 4.69) is 89.2 Å². The van der Waals surface area contributed by atoms with Crippen LogP contribution in [-0.4, -0.2) is 6.61 Å². The zero-order valence-electron chi connectivity index (χ0n) is 18.5. The van der Waals surface area contributed by atoms with Crippen LogP contribution in [0.3, 0.4) is 0 Å². The molecule has 1 unspecified atom stereocenters. The second kappa shape index (κ2) is 11.7. The number of hydrogen-bond donors (Lipinski definition) is 0. The van der Waals surface area contributed by atoms with Gasteiger partial charge < -0.3 is 4.74 Å². The second-order valence-electron chi connectivity index (χ2n) is 8.53. The third kappa shape index (κ3) is 7.54. The summed E-state index contributed by atoms with van der Waals surface area (Å²) in [7, 11) is 0. The van der Waals surface area contributed by atoms with Gasteiger partial charge in [0.25, 0.3) is 0 Å². The van der Waals surface area contributed by atoms with Crippen LogP contribution >= 0.6 is 0 Å². The van der Waals surface area contributed by atoms with E-state index in [-0.39, 0.29) is 0 Å². The van der Waals surface area contributed by atoms with E-state index in [1.807, 2.05) is 0 Å². The van der Waals surface area contributed by atoms with E-state index < -0.39 is 0 Å². The minimum absolute atomic E-state index is 0.736. The van der Waals surface area contributed by atoms with Gasteiger partial charge in [0.1, 0.15) is 5.75 Å². The molecule has 0 N–H and O–H groups in total. The van der Waals surface area contributed by atoms with Crippen LogP contribution in [0.5, 0.6) is 5.75 Å². The van der Waals surface area contributed by atoms with Gasteiger partial charge in [0.2, 0.25) is 0 Å². The summed E-state index contributed by atoms with van der Waals surface area (Å²) >= 11 is 0. The molecular weight excluding hydrogens is 340 g/mol. The van der Waals surface area contributed by atoms with Gasteiger partial charge in [-0.2, -0.15) is 0 Å². The third-order valence-electron chi connectivity index (χ3n) is 5.36. The summed E-state index contributed by atoms with van der Waals surface area (Å²) in [6.45, 7) is 12.0. The molecule has 1 atom stereocenters. The lowest BCUT2D eigenvalue weighted by molar-refractivity contribution is 0.276. The first-order chi connectivity index (χ1) is 13.5. The topological polar surface area (TPSA) is 9.23 Å². The fraction of sp³-hybridized carbons (Fsp3) is 0.481. The molecule has 0 fully saturated rings. The first-order valence-electron chi connectivity index (χ1n) is 10.9. The number of allylic oxidation sites excluding steroid dienone is 2. The minimum Gasteiger partial charge on any atom is -0.494 e. The Hall–Kier alpha value is -2.02. The fourth-order valence-corrected chi connectivity index (χ4v) is 3.51. The number of benzene rings is 2. The molecule has 152 valence electrons. The molecule has 0 bridgehead atoms. The predicted octanol–water partition coefficient (Wildman–Crippen LogP) is 8.01. The van der Waals surface area contributed by atoms with Gasteiger partial charge in [-0.15, -0.1) is 0 Å². The van der Waals surface area contributed by atoms with Crippen molar-refractivity contribution in [1.82, 2.24) is 0 Å². The molecule has 0 saturated heterocycles. The summed E-state index contributed by atoms with van der Waals surface area (Å²) in [4.78, 5) is 0. The van der Waals surface area contributed by atoms with Gasteiger partial charge >= 0.3 is 0 Å². The monoisotopic (exact) mass is 378 g/mol. The second-order valence-corrected chi connectivity index (χ2v) is 8.53. The summed E-state index contributed by atoms with van der Waals surface area (Å²) in [5.74, 6) is 2.52. The van der Waals surface area contributed by atoms with E-state index in [1.54, 1.807) is 0 Å². The lowest BCUT2D eigenvalue weighted by Gasteiger charge is -2.14. The smallest absolute Gasteiger partial charge is 0.119 e. The highest BCUT2D eigenvalue weighted by Gasteiger charge is 2.07. The zero-order chi connectivity index (χ0) is 20.4. The van der Waals surface area contributed by atoms with Crippen molar-refractivity contribution in [2.45, 2.75) is 66.7 Å². The predicted molar refractivity (Wildman–Crippen MR) is 123 cm³/mol. The Bertz CT molecular complexity index is 724. The van der Waals surface area contributed by atoms with Gasteiger partial charge in [-0.05, 0) is 67.3 Å². The molecule has 2 rings (SSSR count). The summed E-state index contributed by atoms with van der Waals surface area (Å²) in [5.41, 5.74) is 5.25. The highest BCUT2D eigenvalue weighted by atomic mass is 16.5. The summed E-state index contributed by atoms with van der Waals surface area (Å²) in [5, 5.41) is 0. The van der Waals surface area contributed by atoms with Gasteiger partial charge in [0.15, 0.2) is 0 Å². The molecule has 2 aromatic rings. The number of ether oxygens (including phenoxy) is 1. The largest absolute Gasteiger partial charge is 0.494 e. The maximum absolute atomic E-state index is 6.00. The Morgan fingerprint density at radius 1 is 0.929 bits per heavy atom. The summed E-state index contributed by atoms with van der Waals surface area (Å²) in [6, 6.07) is 15.3. The molecule has 0 amide bonds. The molecule has 0 aliphatic carbocycles. The average Bonchev–Trinajstić information content (AvgIpc) is 2.67. The van der Waals surface area contributed by atoms with E-state index in [9.17, 15) is 0 Å². The van der Waals surface area contributed by atoms with Crippen molar-refractivity contribution in [2.75, 3.05) is 6.61 Å². The maximum Gasteiger partial charge on any atom is 0.119 e. The highest BCUT2D eigenvalue weighted by molar-refractivity contribution is 5.69. The lowest BCUT2D eigenvalue weighted by Crippen LogP contribution is -2.04. The van der Waals surface area contributed by atoms with Crippen molar-refractivity contribution in [3.8, 4) is 16.9 Å². The van der Waals surface area contributed by atoms with Crippen molar-refractivity contribution < 1.29 is 4.74 Å². The molecule has 1 nitrogen and oxygen atoms in total. The summed E-state index contributed by atoms with van der Waals surface area (Å²) < 4.78 is 6.00. The maximum atomic E-state index is 6.00. The molecule has 0 aliphatic rings. The molecule has 0 aliphatic heterocycles. The quantitative estimate of drug-likeness (QED) is 0.360.